The molecule has 1 N–H and O–H groups in total. The number of nitrogens with one attached hydrogen (secondary N) is 1. The number of anilines is 2. The number of aromatic nitrogens is 2. The van der Waals surface area contributed by atoms with Crippen molar-refractivity contribution in [3.05, 3.63) is 42.2 Å². The molecular formula is C17H20F2N4O. The summed E-state index contributed by atoms with van der Waals surface area (Å²) in [6.45, 7) is -0.314. The number of hydrogen-bond acceptors (Lipinski definition) is 5. The van der Waals surface area contributed by atoms with E-state index in [2.05, 4.69) is 24.9 Å². The predicted octanol–water partition coefficient (Wildman–Crippen LogP) is 3.68. The average Bonchev–Trinajstić information content (AvgIpc) is 2.61. The number of halogens is 2. The van der Waals surface area contributed by atoms with Crippen LogP contribution in [-0.4, -0.2) is 29.7 Å². The summed E-state index contributed by atoms with van der Waals surface area (Å²) >= 11 is 0. The highest BCUT2D eigenvalue weighted by Crippen LogP contribution is 2.20. The van der Waals surface area contributed by atoms with E-state index in [0.717, 1.165) is 24.5 Å². The molecule has 1 saturated heterocycles. The summed E-state index contributed by atoms with van der Waals surface area (Å²) in [5.74, 6) is 1.79. The van der Waals surface area contributed by atoms with E-state index in [-0.39, 0.29) is 5.75 Å². The zero-order valence-corrected chi connectivity index (χ0v) is 13.3. The Labute approximate surface area is 139 Å². The molecule has 7 heteroatoms. The van der Waals surface area contributed by atoms with Crippen molar-refractivity contribution >= 4 is 11.6 Å². The Hall–Kier alpha value is -2.44. The van der Waals surface area contributed by atoms with Gasteiger partial charge in [0.25, 0.3) is 0 Å². The molecular weight excluding hydrogens is 314 g/mol. The Morgan fingerprint density at radius 2 is 1.96 bits per heavy atom. The van der Waals surface area contributed by atoms with Crippen LogP contribution in [0.1, 0.15) is 24.8 Å². The summed E-state index contributed by atoms with van der Waals surface area (Å²) < 4.78 is 28.9. The zero-order chi connectivity index (χ0) is 16.8. The fraction of sp³-hybridized carbons (Fsp3) is 0.412. The van der Waals surface area contributed by atoms with Crippen LogP contribution in [-0.2, 0) is 6.54 Å². The number of ether oxygens (including phenoxy) is 1. The van der Waals surface area contributed by atoms with Crippen LogP contribution in [0.3, 0.4) is 0 Å². The van der Waals surface area contributed by atoms with Crippen LogP contribution in [0.25, 0.3) is 0 Å². The third-order valence-electron chi connectivity index (χ3n) is 3.93. The van der Waals surface area contributed by atoms with Crippen molar-refractivity contribution in [3.8, 4) is 5.75 Å². The van der Waals surface area contributed by atoms with E-state index in [1.165, 1.54) is 25.3 Å². The van der Waals surface area contributed by atoms with Gasteiger partial charge in [0.15, 0.2) is 0 Å². The molecule has 1 fully saturated rings. The van der Waals surface area contributed by atoms with E-state index >= 15 is 0 Å². The van der Waals surface area contributed by atoms with Crippen molar-refractivity contribution in [1.82, 2.24) is 9.97 Å². The SMILES string of the molecule is FC(F)Oc1cccc(CNc2cc(N3CCCCC3)ncn2)c1. The van der Waals surface area contributed by atoms with E-state index in [0.29, 0.717) is 12.4 Å². The Kier molecular flexibility index (Phi) is 5.40. The predicted molar refractivity (Wildman–Crippen MR) is 88.5 cm³/mol. The first-order valence-electron chi connectivity index (χ1n) is 8.05. The average molecular weight is 334 g/mol. The minimum absolute atomic E-state index is 0.154. The second kappa shape index (κ2) is 7.90. The number of nitrogens with zero attached hydrogens (tertiary/aromatic N) is 3. The van der Waals surface area contributed by atoms with Crippen LogP contribution in [0.5, 0.6) is 5.75 Å². The van der Waals surface area contributed by atoms with Crippen LogP contribution in [0.15, 0.2) is 36.7 Å². The Morgan fingerprint density at radius 1 is 1.12 bits per heavy atom. The van der Waals surface area contributed by atoms with Gasteiger partial charge in [-0.2, -0.15) is 8.78 Å². The van der Waals surface area contributed by atoms with Crippen molar-refractivity contribution in [2.24, 2.45) is 0 Å². The van der Waals surface area contributed by atoms with E-state index in [9.17, 15) is 8.78 Å². The molecule has 5 nitrogen and oxygen atoms in total. The van der Waals surface area contributed by atoms with Crippen LogP contribution < -0.4 is 15.0 Å². The van der Waals surface area contributed by atoms with E-state index < -0.39 is 6.61 Å². The lowest BCUT2D eigenvalue weighted by atomic mass is 10.1. The molecule has 0 aliphatic carbocycles. The molecule has 1 aromatic carbocycles. The molecule has 1 aromatic heterocycles. The largest absolute Gasteiger partial charge is 0.435 e. The minimum atomic E-state index is -2.82. The Balaban J connectivity index is 1.62. The van der Waals surface area contributed by atoms with Gasteiger partial charge in [-0.25, -0.2) is 9.97 Å². The van der Waals surface area contributed by atoms with Gasteiger partial charge < -0.3 is 15.0 Å². The fourth-order valence-corrected chi connectivity index (χ4v) is 2.76. The molecule has 0 radical (unpaired) electrons. The van der Waals surface area contributed by atoms with Crippen LogP contribution >= 0.6 is 0 Å². The Bertz CT molecular complexity index is 663. The normalized spacial score (nSPS) is 14.7. The molecule has 24 heavy (non-hydrogen) atoms. The van der Waals surface area contributed by atoms with Crippen LogP contribution in [0.2, 0.25) is 0 Å². The molecule has 0 spiro atoms. The highest BCUT2D eigenvalue weighted by molar-refractivity contribution is 5.49. The summed E-state index contributed by atoms with van der Waals surface area (Å²) in [6, 6.07) is 8.55. The molecule has 1 aliphatic rings. The lowest BCUT2D eigenvalue weighted by Gasteiger charge is -2.27. The molecule has 1 aliphatic heterocycles. The van der Waals surface area contributed by atoms with Gasteiger partial charge in [-0.05, 0) is 37.0 Å². The third-order valence-corrected chi connectivity index (χ3v) is 3.93. The molecule has 0 saturated carbocycles. The summed E-state index contributed by atoms with van der Waals surface area (Å²) in [4.78, 5) is 10.8. The highest BCUT2D eigenvalue weighted by Gasteiger charge is 2.12. The summed E-state index contributed by atoms with van der Waals surface area (Å²) in [6.07, 6.45) is 5.18. The molecule has 2 heterocycles. The van der Waals surface area contributed by atoms with Crippen molar-refractivity contribution in [1.29, 1.82) is 0 Å². The molecule has 2 aromatic rings. The maximum atomic E-state index is 12.3. The van der Waals surface area contributed by atoms with Gasteiger partial charge in [0.05, 0.1) is 0 Å². The highest BCUT2D eigenvalue weighted by atomic mass is 19.3. The molecule has 0 unspecified atom stereocenters. The molecule has 0 amide bonds. The Morgan fingerprint density at radius 3 is 2.75 bits per heavy atom. The summed E-state index contributed by atoms with van der Waals surface area (Å²) in [5, 5.41) is 3.20. The first-order valence-corrected chi connectivity index (χ1v) is 8.05. The maximum absolute atomic E-state index is 12.3. The van der Waals surface area contributed by atoms with Crippen molar-refractivity contribution in [2.45, 2.75) is 32.4 Å². The van der Waals surface area contributed by atoms with Gasteiger partial charge in [0.2, 0.25) is 0 Å². The van der Waals surface area contributed by atoms with Gasteiger partial charge in [-0.3, -0.25) is 0 Å². The van der Waals surface area contributed by atoms with E-state index in [1.807, 2.05) is 12.1 Å². The first-order chi connectivity index (χ1) is 11.7. The smallest absolute Gasteiger partial charge is 0.387 e. The van der Waals surface area contributed by atoms with Crippen molar-refractivity contribution in [2.75, 3.05) is 23.3 Å². The second-order valence-corrected chi connectivity index (χ2v) is 5.69. The number of hydrogen-bond donors (Lipinski definition) is 1. The minimum Gasteiger partial charge on any atom is -0.435 e. The molecule has 0 atom stereocenters. The van der Waals surface area contributed by atoms with Gasteiger partial charge in [0.1, 0.15) is 23.7 Å². The molecule has 0 bridgehead atoms. The first kappa shape index (κ1) is 16.4. The monoisotopic (exact) mass is 334 g/mol. The number of rotatable bonds is 6. The molecule has 128 valence electrons. The lowest BCUT2D eigenvalue weighted by molar-refractivity contribution is -0.0498. The fourth-order valence-electron chi connectivity index (χ4n) is 2.76. The summed E-state index contributed by atoms with van der Waals surface area (Å²) in [7, 11) is 0. The lowest BCUT2D eigenvalue weighted by Crippen LogP contribution is -2.30. The second-order valence-electron chi connectivity index (χ2n) is 5.69. The number of benzene rings is 1. The van der Waals surface area contributed by atoms with Gasteiger partial charge >= 0.3 is 6.61 Å². The van der Waals surface area contributed by atoms with Gasteiger partial charge in [-0.1, -0.05) is 12.1 Å². The summed E-state index contributed by atoms with van der Waals surface area (Å²) in [5.41, 5.74) is 0.839. The third kappa shape index (κ3) is 4.53. The van der Waals surface area contributed by atoms with Crippen LogP contribution in [0, 0.1) is 0 Å². The van der Waals surface area contributed by atoms with E-state index in [1.54, 1.807) is 18.5 Å². The maximum Gasteiger partial charge on any atom is 0.387 e. The number of alkyl halides is 2. The topological polar surface area (TPSA) is 50.3 Å². The van der Waals surface area contributed by atoms with Crippen molar-refractivity contribution in [3.63, 3.8) is 0 Å². The quantitative estimate of drug-likeness (QED) is 0.873. The van der Waals surface area contributed by atoms with Crippen molar-refractivity contribution < 1.29 is 13.5 Å². The molecule has 3 rings (SSSR count). The van der Waals surface area contributed by atoms with E-state index in [4.69, 9.17) is 0 Å². The van der Waals surface area contributed by atoms with Crippen LogP contribution in [0.4, 0.5) is 20.4 Å². The number of piperidine rings is 1. The van der Waals surface area contributed by atoms with Gasteiger partial charge in [-0.15, -0.1) is 0 Å². The standard InChI is InChI=1S/C17H20F2N4O/c18-17(19)24-14-6-4-5-13(9-14)11-20-15-10-16(22-12-21-15)23-7-2-1-3-8-23/h4-6,9-10,12,17H,1-3,7-8,11H2,(H,20,21,22). The van der Waals surface area contributed by atoms with Gasteiger partial charge in [0, 0.05) is 25.7 Å². The zero-order valence-electron chi connectivity index (χ0n) is 13.3.